The summed E-state index contributed by atoms with van der Waals surface area (Å²) in [5.41, 5.74) is 0.569. The lowest BCUT2D eigenvalue weighted by Crippen LogP contribution is -2.26. The second-order valence-electron chi connectivity index (χ2n) is 7.74. The Hall–Kier alpha value is -4.01. The molecule has 3 rings (SSSR count). The minimum atomic E-state index is -0.826. The van der Waals surface area contributed by atoms with Crippen LogP contribution >= 0.6 is 0 Å². The maximum Gasteiger partial charge on any atom is 0.514 e. The van der Waals surface area contributed by atoms with Gasteiger partial charge < -0.3 is 9.47 Å². The fourth-order valence-corrected chi connectivity index (χ4v) is 2.74. The second-order valence-corrected chi connectivity index (χ2v) is 7.74. The van der Waals surface area contributed by atoms with Crippen molar-refractivity contribution < 1.29 is 19.2 Å². The lowest BCUT2D eigenvalue weighted by Gasteiger charge is -2.18. The first-order valence-electron chi connectivity index (χ1n) is 9.43. The largest absolute Gasteiger partial charge is 0.514 e. The number of nitrogens with zero attached hydrogens (tertiary/aromatic N) is 3. The van der Waals surface area contributed by atoms with Crippen molar-refractivity contribution in [2.24, 2.45) is 0 Å². The van der Waals surface area contributed by atoms with E-state index in [1.165, 1.54) is 22.9 Å². The number of nitro benzene ring substituents is 1. The fraction of sp³-hybridized carbons (Fsp3) is 0.227. The van der Waals surface area contributed by atoms with Crippen molar-refractivity contribution in [1.82, 2.24) is 9.78 Å². The van der Waals surface area contributed by atoms with E-state index in [1.54, 1.807) is 63.2 Å². The normalized spacial score (nSPS) is 11.1. The van der Waals surface area contributed by atoms with Gasteiger partial charge in [0.2, 0.25) is 0 Å². The van der Waals surface area contributed by atoms with Crippen molar-refractivity contribution in [3.63, 3.8) is 0 Å². The van der Waals surface area contributed by atoms with E-state index in [4.69, 9.17) is 9.47 Å². The SMILES string of the molecule is CC(C)(C)OC(=O)Oc1cccc(-c2ccc(=O)n(Cc3cccc([N+](=O)[O-])c3)n2)c1. The third-order valence-corrected chi connectivity index (χ3v) is 4.04. The number of rotatable bonds is 5. The molecule has 0 aliphatic rings. The smallest absolute Gasteiger partial charge is 0.428 e. The van der Waals surface area contributed by atoms with E-state index < -0.39 is 16.7 Å². The molecule has 0 N–H and O–H groups in total. The van der Waals surface area contributed by atoms with Gasteiger partial charge in [0.15, 0.2) is 0 Å². The van der Waals surface area contributed by atoms with Crippen LogP contribution in [0, 0.1) is 10.1 Å². The zero-order valence-corrected chi connectivity index (χ0v) is 17.3. The van der Waals surface area contributed by atoms with Gasteiger partial charge in [-0.1, -0.05) is 24.3 Å². The average molecular weight is 423 g/mol. The van der Waals surface area contributed by atoms with Gasteiger partial charge in [0.1, 0.15) is 11.4 Å². The number of hydrogen-bond acceptors (Lipinski definition) is 7. The molecule has 0 unspecified atom stereocenters. The third kappa shape index (κ3) is 5.99. The summed E-state index contributed by atoms with van der Waals surface area (Å²) in [4.78, 5) is 34.6. The van der Waals surface area contributed by atoms with Gasteiger partial charge >= 0.3 is 6.16 Å². The van der Waals surface area contributed by atoms with E-state index in [0.29, 0.717) is 16.8 Å². The first-order chi connectivity index (χ1) is 14.6. The van der Waals surface area contributed by atoms with Gasteiger partial charge in [0.25, 0.3) is 11.2 Å². The van der Waals surface area contributed by atoms with E-state index in [-0.39, 0.29) is 23.5 Å². The van der Waals surface area contributed by atoms with Gasteiger partial charge in [-0.15, -0.1) is 0 Å². The van der Waals surface area contributed by atoms with Crippen LogP contribution in [0.4, 0.5) is 10.5 Å². The van der Waals surface area contributed by atoms with Crippen molar-refractivity contribution in [1.29, 1.82) is 0 Å². The number of carbonyl (C=O) groups is 1. The van der Waals surface area contributed by atoms with Gasteiger partial charge in [-0.3, -0.25) is 14.9 Å². The molecule has 0 aliphatic heterocycles. The Kier molecular flexibility index (Phi) is 6.15. The molecule has 0 saturated heterocycles. The highest BCUT2D eigenvalue weighted by atomic mass is 16.7. The van der Waals surface area contributed by atoms with Gasteiger partial charge in [0, 0.05) is 23.8 Å². The zero-order valence-electron chi connectivity index (χ0n) is 17.3. The van der Waals surface area contributed by atoms with Gasteiger partial charge in [0.05, 0.1) is 17.2 Å². The van der Waals surface area contributed by atoms with Gasteiger partial charge in [-0.25, -0.2) is 9.48 Å². The molecule has 1 aromatic heterocycles. The molecule has 31 heavy (non-hydrogen) atoms. The van der Waals surface area contributed by atoms with Crippen LogP contribution in [0.1, 0.15) is 26.3 Å². The van der Waals surface area contributed by atoms with Crippen LogP contribution in [0.15, 0.2) is 65.5 Å². The maximum absolute atomic E-state index is 12.3. The topological polar surface area (TPSA) is 114 Å². The summed E-state index contributed by atoms with van der Waals surface area (Å²) >= 11 is 0. The molecule has 3 aromatic rings. The molecule has 0 bridgehead atoms. The molecule has 1 heterocycles. The maximum atomic E-state index is 12.3. The third-order valence-electron chi connectivity index (χ3n) is 4.04. The minimum Gasteiger partial charge on any atom is -0.428 e. The van der Waals surface area contributed by atoms with Crippen molar-refractivity contribution >= 4 is 11.8 Å². The number of hydrogen-bond donors (Lipinski definition) is 0. The van der Waals surface area contributed by atoms with Crippen LogP contribution in [-0.2, 0) is 11.3 Å². The molecule has 9 nitrogen and oxygen atoms in total. The predicted octanol–water partition coefficient (Wildman–Crippen LogP) is 4.18. The highest BCUT2D eigenvalue weighted by Crippen LogP contribution is 2.23. The summed E-state index contributed by atoms with van der Waals surface area (Å²) in [6.07, 6.45) is -0.826. The second kappa shape index (κ2) is 8.78. The van der Waals surface area contributed by atoms with E-state index in [1.807, 2.05) is 0 Å². The van der Waals surface area contributed by atoms with E-state index in [9.17, 15) is 19.7 Å². The summed E-state index contributed by atoms with van der Waals surface area (Å²) in [6, 6.07) is 15.6. The van der Waals surface area contributed by atoms with E-state index in [0.717, 1.165) is 0 Å². The predicted molar refractivity (Wildman–Crippen MR) is 113 cm³/mol. The number of benzene rings is 2. The van der Waals surface area contributed by atoms with Crippen molar-refractivity contribution in [2.45, 2.75) is 32.9 Å². The first-order valence-corrected chi connectivity index (χ1v) is 9.43. The molecule has 0 saturated carbocycles. The number of ether oxygens (including phenoxy) is 2. The van der Waals surface area contributed by atoms with E-state index in [2.05, 4.69) is 5.10 Å². The summed E-state index contributed by atoms with van der Waals surface area (Å²) in [7, 11) is 0. The van der Waals surface area contributed by atoms with Crippen LogP contribution < -0.4 is 10.3 Å². The highest BCUT2D eigenvalue weighted by Gasteiger charge is 2.18. The molecule has 2 aromatic carbocycles. The Balaban J connectivity index is 1.85. The molecule has 0 amide bonds. The zero-order chi connectivity index (χ0) is 22.6. The molecular formula is C22H21N3O6. The van der Waals surface area contributed by atoms with Crippen LogP contribution in [0.25, 0.3) is 11.3 Å². The molecule has 0 fully saturated rings. The highest BCUT2D eigenvalue weighted by molar-refractivity contribution is 5.67. The van der Waals surface area contributed by atoms with Gasteiger partial charge in [-0.05, 0) is 44.5 Å². The quantitative estimate of drug-likeness (QED) is 0.262. The number of nitro groups is 1. The molecule has 160 valence electrons. The summed E-state index contributed by atoms with van der Waals surface area (Å²) in [6.45, 7) is 5.28. The minimum absolute atomic E-state index is 0.0614. The number of carbonyl (C=O) groups excluding carboxylic acids is 1. The molecule has 0 aliphatic carbocycles. The van der Waals surface area contributed by atoms with Crippen molar-refractivity contribution in [3.05, 3.63) is 86.7 Å². The molecule has 9 heteroatoms. The summed E-state index contributed by atoms with van der Waals surface area (Å²) in [5, 5.41) is 15.3. The lowest BCUT2D eigenvalue weighted by atomic mass is 10.1. The lowest BCUT2D eigenvalue weighted by molar-refractivity contribution is -0.384. The fourth-order valence-electron chi connectivity index (χ4n) is 2.74. The van der Waals surface area contributed by atoms with Gasteiger partial charge in [-0.2, -0.15) is 5.10 Å². The molecular weight excluding hydrogens is 402 g/mol. The van der Waals surface area contributed by atoms with E-state index >= 15 is 0 Å². The average Bonchev–Trinajstić information content (AvgIpc) is 2.68. The van der Waals surface area contributed by atoms with Crippen LogP contribution in [0.5, 0.6) is 5.75 Å². The Morgan fingerprint density at radius 3 is 2.55 bits per heavy atom. The standard InChI is InChI=1S/C22H21N3O6/c1-22(2,3)31-21(27)30-18-9-5-7-16(13-18)19-10-11-20(26)24(23-19)14-15-6-4-8-17(12-15)25(28)29/h4-13H,14H2,1-3H3. The molecule has 0 radical (unpaired) electrons. The Bertz CT molecular complexity index is 1180. The molecule has 0 spiro atoms. The van der Waals surface area contributed by atoms with Crippen molar-refractivity contribution in [2.75, 3.05) is 0 Å². The Morgan fingerprint density at radius 2 is 1.84 bits per heavy atom. The monoisotopic (exact) mass is 423 g/mol. The van der Waals surface area contributed by atoms with Crippen LogP contribution in [-0.4, -0.2) is 26.5 Å². The van der Waals surface area contributed by atoms with Crippen LogP contribution in [0.3, 0.4) is 0 Å². The Labute approximate surface area is 178 Å². The molecule has 0 atom stereocenters. The van der Waals surface area contributed by atoms with Crippen molar-refractivity contribution in [3.8, 4) is 17.0 Å². The summed E-state index contributed by atoms with van der Waals surface area (Å²) < 4.78 is 11.6. The number of non-ortho nitro benzene ring substituents is 1. The first kappa shape index (κ1) is 21.7. The number of aromatic nitrogens is 2. The van der Waals surface area contributed by atoms with Crippen LogP contribution in [0.2, 0.25) is 0 Å². The Morgan fingerprint density at radius 1 is 1.10 bits per heavy atom. The summed E-state index contributed by atoms with van der Waals surface area (Å²) in [5.74, 6) is 0.269.